The second-order valence-electron chi connectivity index (χ2n) is 11.2. The van der Waals surface area contributed by atoms with E-state index in [1.54, 1.807) is 0 Å². The molecule has 0 aromatic carbocycles. The average Bonchev–Trinajstić information content (AvgIpc) is 3.03. The van der Waals surface area contributed by atoms with Gasteiger partial charge in [0.15, 0.2) is 5.78 Å². The number of esters is 2. The fourth-order valence-electron chi connectivity index (χ4n) is 8.61. The van der Waals surface area contributed by atoms with Crippen molar-refractivity contribution in [3.05, 3.63) is 0 Å². The summed E-state index contributed by atoms with van der Waals surface area (Å²) in [7, 11) is 0. The Labute approximate surface area is 185 Å². The monoisotopic (exact) mass is 434 g/mol. The zero-order valence-corrected chi connectivity index (χ0v) is 19.4. The van der Waals surface area contributed by atoms with E-state index in [2.05, 4.69) is 13.8 Å². The molecule has 4 rings (SSSR count). The van der Waals surface area contributed by atoms with Crippen LogP contribution in [0.1, 0.15) is 79.1 Å². The number of fused-ring (bicyclic) bond motifs is 5. The molecule has 31 heavy (non-hydrogen) atoms. The number of aliphatic hydroxyl groups excluding tert-OH is 1. The van der Waals surface area contributed by atoms with Crippen molar-refractivity contribution in [1.29, 1.82) is 0 Å². The first kappa shape index (κ1) is 22.8. The number of ether oxygens (including phenoxy) is 2. The standard InChI is InChI=1S/C25H38O6/c1-14(27)30-17-9-10-24(3)16(11-17)5-6-18-19-7-8-20(21(29)13-26)25(19,4)12-22(23(18)24)31-15(2)28/h16-20,22-23,26H,5-13H2,1-4H3/t16?,17?,18-,19-,20+,22?,23+,24-,25-/m0/s1. The van der Waals surface area contributed by atoms with Crippen LogP contribution in [0.15, 0.2) is 0 Å². The van der Waals surface area contributed by atoms with Gasteiger partial charge in [-0.15, -0.1) is 0 Å². The number of rotatable bonds is 4. The minimum atomic E-state index is -0.406. The fourth-order valence-corrected chi connectivity index (χ4v) is 8.61. The first-order valence-electron chi connectivity index (χ1n) is 12.1. The summed E-state index contributed by atoms with van der Waals surface area (Å²) < 4.78 is 11.6. The maximum absolute atomic E-state index is 12.6. The third kappa shape index (κ3) is 3.73. The number of hydrogen-bond acceptors (Lipinski definition) is 6. The number of carbonyl (C=O) groups is 3. The van der Waals surface area contributed by atoms with E-state index in [9.17, 15) is 19.5 Å². The number of carbonyl (C=O) groups excluding carboxylic acids is 3. The van der Waals surface area contributed by atoms with Crippen LogP contribution in [-0.4, -0.2) is 41.6 Å². The summed E-state index contributed by atoms with van der Waals surface area (Å²) in [5.74, 6) is 0.894. The van der Waals surface area contributed by atoms with Crippen molar-refractivity contribution in [2.45, 2.75) is 91.3 Å². The Balaban J connectivity index is 1.65. The van der Waals surface area contributed by atoms with Crippen LogP contribution in [-0.2, 0) is 23.9 Å². The van der Waals surface area contributed by atoms with Gasteiger partial charge in [-0.3, -0.25) is 14.4 Å². The van der Waals surface area contributed by atoms with Crippen LogP contribution in [0.4, 0.5) is 0 Å². The molecule has 0 radical (unpaired) electrons. The molecule has 9 atom stereocenters. The van der Waals surface area contributed by atoms with Crippen molar-refractivity contribution in [3.63, 3.8) is 0 Å². The predicted molar refractivity (Wildman–Crippen MR) is 114 cm³/mol. The fraction of sp³-hybridized carbons (Fsp3) is 0.880. The highest BCUT2D eigenvalue weighted by Crippen LogP contribution is 2.68. The van der Waals surface area contributed by atoms with Crippen molar-refractivity contribution in [2.75, 3.05) is 6.61 Å². The molecule has 1 N–H and O–H groups in total. The minimum absolute atomic E-state index is 0.00815. The van der Waals surface area contributed by atoms with E-state index in [-0.39, 0.29) is 52.6 Å². The molecular weight excluding hydrogens is 396 g/mol. The van der Waals surface area contributed by atoms with E-state index < -0.39 is 6.61 Å². The minimum Gasteiger partial charge on any atom is -0.463 e. The van der Waals surface area contributed by atoms with Crippen molar-refractivity contribution < 1.29 is 29.0 Å². The summed E-state index contributed by atoms with van der Waals surface area (Å²) in [5.41, 5.74) is -0.181. The first-order chi connectivity index (χ1) is 14.6. The molecule has 3 unspecified atom stereocenters. The number of Topliss-reactive ketones (excluding diaryl/α,β-unsaturated/α-hetero) is 1. The zero-order chi connectivity index (χ0) is 22.6. The molecule has 0 bridgehead atoms. The van der Waals surface area contributed by atoms with Gasteiger partial charge in [0.2, 0.25) is 0 Å². The van der Waals surface area contributed by atoms with Gasteiger partial charge in [0.05, 0.1) is 0 Å². The molecule has 6 heteroatoms. The summed E-state index contributed by atoms with van der Waals surface area (Å²) in [6, 6.07) is 0. The molecule has 6 nitrogen and oxygen atoms in total. The maximum atomic E-state index is 12.6. The summed E-state index contributed by atoms with van der Waals surface area (Å²) in [6.45, 7) is 7.11. The first-order valence-corrected chi connectivity index (χ1v) is 12.1. The molecule has 0 aromatic rings. The van der Waals surface area contributed by atoms with Gasteiger partial charge in [-0.05, 0) is 80.0 Å². The van der Waals surface area contributed by atoms with Crippen LogP contribution in [0.2, 0.25) is 0 Å². The van der Waals surface area contributed by atoms with Gasteiger partial charge in [-0.1, -0.05) is 13.8 Å². The lowest BCUT2D eigenvalue weighted by Gasteiger charge is -2.62. The van der Waals surface area contributed by atoms with Crippen LogP contribution in [0.25, 0.3) is 0 Å². The summed E-state index contributed by atoms with van der Waals surface area (Å²) in [5, 5.41) is 9.56. The third-order valence-electron chi connectivity index (χ3n) is 9.72. The van der Waals surface area contributed by atoms with Crippen molar-refractivity contribution in [3.8, 4) is 0 Å². The van der Waals surface area contributed by atoms with E-state index in [0.29, 0.717) is 24.2 Å². The zero-order valence-electron chi connectivity index (χ0n) is 19.4. The van der Waals surface area contributed by atoms with E-state index in [4.69, 9.17) is 9.47 Å². The number of hydrogen-bond donors (Lipinski definition) is 1. The van der Waals surface area contributed by atoms with Gasteiger partial charge >= 0.3 is 11.9 Å². The molecule has 4 saturated carbocycles. The third-order valence-corrected chi connectivity index (χ3v) is 9.72. The van der Waals surface area contributed by atoms with Gasteiger partial charge in [0.1, 0.15) is 18.8 Å². The lowest BCUT2D eigenvalue weighted by molar-refractivity contribution is -0.200. The molecule has 4 fully saturated rings. The van der Waals surface area contributed by atoms with Gasteiger partial charge in [0.25, 0.3) is 0 Å². The summed E-state index contributed by atoms with van der Waals surface area (Å²) >= 11 is 0. The Morgan fingerprint density at radius 1 is 0.935 bits per heavy atom. The Hall–Kier alpha value is -1.43. The van der Waals surface area contributed by atoms with Gasteiger partial charge in [0, 0.05) is 25.7 Å². The molecule has 174 valence electrons. The molecule has 4 aliphatic rings. The normalized spacial score (nSPS) is 46.3. The quantitative estimate of drug-likeness (QED) is 0.679. The topological polar surface area (TPSA) is 89.9 Å². The van der Waals surface area contributed by atoms with Crippen molar-refractivity contribution in [2.24, 2.45) is 40.4 Å². The molecule has 0 heterocycles. The Kier molecular flexibility index (Phi) is 5.99. The van der Waals surface area contributed by atoms with Crippen LogP contribution in [0.5, 0.6) is 0 Å². The highest BCUT2D eigenvalue weighted by molar-refractivity contribution is 5.83. The molecule has 0 saturated heterocycles. The van der Waals surface area contributed by atoms with Crippen LogP contribution >= 0.6 is 0 Å². The average molecular weight is 435 g/mol. The smallest absolute Gasteiger partial charge is 0.302 e. The van der Waals surface area contributed by atoms with E-state index in [1.807, 2.05) is 0 Å². The molecule has 0 spiro atoms. The predicted octanol–water partition coefficient (Wildman–Crippen LogP) is 3.68. The van der Waals surface area contributed by atoms with Crippen LogP contribution in [0.3, 0.4) is 0 Å². The van der Waals surface area contributed by atoms with Gasteiger partial charge in [-0.25, -0.2) is 0 Å². The maximum Gasteiger partial charge on any atom is 0.302 e. The molecule has 4 aliphatic carbocycles. The second kappa shape index (κ2) is 8.17. The lowest BCUT2D eigenvalue weighted by atomic mass is 9.43. The molecule has 0 aromatic heterocycles. The molecular formula is C25H38O6. The van der Waals surface area contributed by atoms with Crippen molar-refractivity contribution >= 4 is 17.7 Å². The summed E-state index contributed by atoms with van der Waals surface area (Å²) in [4.78, 5) is 36.2. The van der Waals surface area contributed by atoms with E-state index in [1.165, 1.54) is 13.8 Å². The van der Waals surface area contributed by atoms with E-state index >= 15 is 0 Å². The Bertz CT molecular complexity index is 748. The SMILES string of the molecule is CC(=O)OC1CC[C@@]2(C)C(CC[C@H]3[C@@H]4CC[C@H](C(=O)CO)[C@@]4(C)CC(OC(C)=O)[C@@H]32)C1. The van der Waals surface area contributed by atoms with E-state index in [0.717, 1.165) is 44.9 Å². The van der Waals surface area contributed by atoms with Crippen LogP contribution in [0, 0.1) is 40.4 Å². The largest absolute Gasteiger partial charge is 0.463 e. The lowest BCUT2D eigenvalue weighted by Crippen LogP contribution is -2.60. The number of aliphatic hydroxyl groups is 1. The van der Waals surface area contributed by atoms with Crippen molar-refractivity contribution in [1.82, 2.24) is 0 Å². The highest BCUT2D eigenvalue weighted by Gasteiger charge is 2.65. The second-order valence-corrected chi connectivity index (χ2v) is 11.2. The Morgan fingerprint density at radius 3 is 2.29 bits per heavy atom. The highest BCUT2D eigenvalue weighted by atomic mass is 16.5. The van der Waals surface area contributed by atoms with Gasteiger partial charge in [-0.2, -0.15) is 0 Å². The van der Waals surface area contributed by atoms with Gasteiger partial charge < -0.3 is 14.6 Å². The molecule has 0 aliphatic heterocycles. The summed E-state index contributed by atoms with van der Waals surface area (Å²) in [6.07, 6.45) is 7.20. The Morgan fingerprint density at radius 2 is 1.65 bits per heavy atom. The molecule has 0 amide bonds. The number of ketones is 1. The van der Waals surface area contributed by atoms with Crippen LogP contribution < -0.4 is 0 Å².